The molecule has 0 aliphatic carbocycles. The van der Waals surface area contributed by atoms with Gasteiger partial charge in [0.1, 0.15) is 11.6 Å². The van der Waals surface area contributed by atoms with Crippen molar-refractivity contribution in [3.63, 3.8) is 0 Å². The van der Waals surface area contributed by atoms with Crippen molar-refractivity contribution >= 4 is 5.90 Å². The normalized spacial score (nSPS) is 12.3. The fraction of sp³-hybridized carbons (Fsp3) is 0.300. The molecule has 0 heterocycles. The average molecular weight is 215 g/mol. The SMILES string of the molecule is CCOC(=N)[C@@H](O)c1ccc(F)cc1F. The van der Waals surface area contributed by atoms with E-state index >= 15 is 0 Å². The minimum atomic E-state index is -1.49. The third kappa shape index (κ3) is 2.73. The molecule has 0 saturated carbocycles. The Morgan fingerprint density at radius 1 is 1.53 bits per heavy atom. The molecule has 2 N–H and O–H groups in total. The van der Waals surface area contributed by atoms with Gasteiger partial charge in [0.15, 0.2) is 6.10 Å². The fourth-order valence-electron chi connectivity index (χ4n) is 1.10. The summed E-state index contributed by atoms with van der Waals surface area (Å²) in [5.74, 6) is -2.08. The summed E-state index contributed by atoms with van der Waals surface area (Å²) in [5.41, 5.74) is -0.171. The Kier molecular flexibility index (Phi) is 3.74. The average Bonchev–Trinajstić information content (AvgIpc) is 2.17. The molecular formula is C10H11F2NO2. The zero-order chi connectivity index (χ0) is 11.4. The molecule has 0 radical (unpaired) electrons. The lowest BCUT2D eigenvalue weighted by molar-refractivity contribution is 0.186. The minimum Gasteiger partial charge on any atom is -0.479 e. The van der Waals surface area contributed by atoms with Gasteiger partial charge in [-0.3, -0.25) is 5.41 Å². The van der Waals surface area contributed by atoms with Crippen molar-refractivity contribution in [2.45, 2.75) is 13.0 Å². The first-order valence-electron chi connectivity index (χ1n) is 4.40. The highest BCUT2D eigenvalue weighted by Gasteiger charge is 2.19. The molecule has 3 nitrogen and oxygen atoms in total. The maximum atomic E-state index is 13.1. The van der Waals surface area contributed by atoms with E-state index in [2.05, 4.69) is 0 Å². The predicted octanol–water partition coefficient (Wildman–Crippen LogP) is 2.01. The van der Waals surface area contributed by atoms with Crippen molar-refractivity contribution < 1.29 is 18.6 Å². The molecule has 0 spiro atoms. The van der Waals surface area contributed by atoms with Crippen LogP contribution in [0.3, 0.4) is 0 Å². The lowest BCUT2D eigenvalue weighted by atomic mass is 10.1. The van der Waals surface area contributed by atoms with Crippen molar-refractivity contribution in [1.82, 2.24) is 0 Å². The Bertz CT molecular complexity index is 368. The molecule has 0 aliphatic rings. The van der Waals surface area contributed by atoms with E-state index in [0.717, 1.165) is 12.1 Å². The molecule has 5 heteroatoms. The summed E-state index contributed by atoms with van der Waals surface area (Å²) in [6.45, 7) is 1.85. The molecule has 1 aromatic carbocycles. The van der Waals surface area contributed by atoms with Gasteiger partial charge in [0, 0.05) is 11.6 Å². The van der Waals surface area contributed by atoms with Crippen molar-refractivity contribution in [3.05, 3.63) is 35.4 Å². The molecule has 0 saturated heterocycles. The molecule has 1 atom stereocenters. The van der Waals surface area contributed by atoms with Gasteiger partial charge in [0.2, 0.25) is 5.90 Å². The van der Waals surface area contributed by atoms with E-state index in [1.165, 1.54) is 0 Å². The lowest BCUT2D eigenvalue weighted by Crippen LogP contribution is -2.15. The molecule has 0 aliphatic heterocycles. The maximum absolute atomic E-state index is 13.1. The first-order valence-corrected chi connectivity index (χ1v) is 4.40. The van der Waals surface area contributed by atoms with Crippen LogP contribution in [0.15, 0.2) is 18.2 Å². The van der Waals surface area contributed by atoms with E-state index in [1.807, 2.05) is 0 Å². The summed E-state index contributed by atoms with van der Waals surface area (Å²) in [4.78, 5) is 0. The summed E-state index contributed by atoms with van der Waals surface area (Å²) in [5, 5.41) is 16.7. The topological polar surface area (TPSA) is 53.3 Å². The van der Waals surface area contributed by atoms with Crippen LogP contribution in [-0.4, -0.2) is 17.6 Å². The van der Waals surface area contributed by atoms with Crippen LogP contribution in [0.1, 0.15) is 18.6 Å². The van der Waals surface area contributed by atoms with Crippen LogP contribution in [0.25, 0.3) is 0 Å². The zero-order valence-corrected chi connectivity index (χ0v) is 8.13. The number of rotatable bonds is 3. The first-order chi connectivity index (χ1) is 7.06. The van der Waals surface area contributed by atoms with E-state index in [0.29, 0.717) is 6.07 Å². The number of benzene rings is 1. The highest BCUT2D eigenvalue weighted by Crippen LogP contribution is 2.19. The molecule has 0 aromatic heterocycles. The molecule has 0 bridgehead atoms. The second kappa shape index (κ2) is 4.84. The van der Waals surface area contributed by atoms with E-state index < -0.39 is 23.6 Å². The minimum absolute atomic E-state index is 0.171. The van der Waals surface area contributed by atoms with E-state index in [4.69, 9.17) is 10.1 Å². The summed E-state index contributed by atoms with van der Waals surface area (Å²) in [7, 11) is 0. The Morgan fingerprint density at radius 2 is 2.20 bits per heavy atom. The van der Waals surface area contributed by atoms with Crippen LogP contribution < -0.4 is 0 Å². The summed E-state index contributed by atoms with van der Waals surface area (Å²) in [6.07, 6.45) is -1.49. The second-order valence-corrected chi connectivity index (χ2v) is 2.87. The van der Waals surface area contributed by atoms with Crippen LogP contribution in [0.2, 0.25) is 0 Å². The van der Waals surface area contributed by atoms with Crippen LogP contribution in [0.4, 0.5) is 8.78 Å². The standard InChI is InChI=1S/C10H11F2NO2/c1-2-15-10(13)9(14)7-4-3-6(11)5-8(7)12/h3-5,9,13-14H,2H2,1H3/t9-/m0/s1. The lowest BCUT2D eigenvalue weighted by Gasteiger charge is -2.13. The van der Waals surface area contributed by atoms with E-state index in [-0.39, 0.29) is 12.2 Å². The van der Waals surface area contributed by atoms with Crippen molar-refractivity contribution in [3.8, 4) is 0 Å². The van der Waals surface area contributed by atoms with Crippen LogP contribution in [0, 0.1) is 17.0 Å². The summed E-state index contributed by atoms with van der Waals surface area (Å²) < 4.78 is 30.4. The zero-order valence-electron chi connectivity index (χ0n) is 8.13. The van der Waals surface area contributed by atoms with Gasteiger partial charge >= 0.3 is 0 Å². The van der Waals surface area contributed by atoms with Gasteiger partial charge < -0.3 is 9.84 Å². The molecule has 0 amide bonds. The maximum Gasteiger partial charge on any atom is 0.215 e. The number of aliphatic hydroxyl groups excluding tert-OH is 1. The Balaban J connectivity index is 2.91. The van der Waals surface area contributed by atoms with Gasteiger partial charge in [0.25, 0.3) is 0 Å². The van der Waals surface area contributed by atoms with E-state index in [9.17, 15) is 13.9 Å². The summed E-state index contributed by atoms with van der Waals surface area (Å²) >= 11 is 0. The fourth-order valence-corrected chi connectivity index (χ4v) is 1.10. The van der Waals surface area contributed by atoms with Crippen LogP contribution in [0.5, 0.6) is 0 Å². The third-order valence-corrected chi connectivity index (χ3v) is 1.81. The Hall–Kier alpha value is -1.49. The number of ether oxygens (including phenoxy) is 1. The van der Waals surface area contributed by atoms with Gasteiger partial charge in [-0.25, -0.2) is 8.78 Å². The van der Waals surface area contributed by atoms with E-state index in [1.54, 1.807) is 6.92 Å². The highest BCUT2D eigenvalue weighted by molar-refractivity contribution is 5.79. The van der Waals surface area contributed by atoms with Gasteiger partial charge in [0.05, 0.1) is 6.61 Å². The monoisotopic (exact) mass is 215 g/mol. The Labute approximate surface area is 85.8 Å². The van der Waals surface area contributed by atoms with Crippen LogP contribution >= 0.6 is 0 Å². The van der Waals surface area contributed by atoms with Crippen molar-refractivity contribution in [2.24, 2.45) is 0 Å². The molecular weight excluding hydrogens is 204 g/mol. The quantitative estimate of drug-likeness (QED) is 0.598. The summed E-state index contributed by atoms with van der Waals surface area (Å²) in [6, 6.07) is 2.75. The van der Waals surface area contributed by atoms with Crippen LogP contribution in [-0.2, 0) is 4.74 Å². The molecule has 1 rings (SSSR count). The van der Waals surface area contributed by atoms with Crippen molar-refractivity contribution in [1.29, 1.82) is 5.41 Å². The number of nitrogens with one attached hydrogen (secondary N) is 1. The number of hydrogen-bond donors (Lipinski definition) is 2. The largest absolute Gasteiger partial charge is 0.479 e. The molecule has 0 fully saturated rings. The molecule has 82 valence electrons. The van der Waals surface area contributed by atoms with Gasteiger partial charge in [-0.15, -0.1) is 0 Å². The Morgan fingerprint density at radius 3 is 2.73 bits per heavy atom. The first kappa shape index (κ1) is 11.6. The molecule has 15 heavy (non-hydrogen) atoms. The number of aliphatic hydroxyl groups is 1. The van der Waals surface area contributed by atoms with Gasteiger partial charge in [-0.2, -0.15) is 0 Å². The number of halogens is 2. The van der Waals surface area contributed by atoms with Gasteiger partial charge in [-0.1, -0.05) is 6.07 Å². The third-order valence-electron chi connectivity index (χ3n) is 1.81. The predicted molar refractivity (Wildman–Crippen MR) is 50.7 cm³/mol. The smallest absolute Gasteiger partial charge is 0.215 e. The highest BCUT2D eigenvalue weighted by atomic mass is 19.1. The van der Waals surface area contributed by atoms with Gasteiger partial charge in [-0.05, 0) is 13.0 Å². The molecule has 0 unspecified atom stereocenters. The molecule has 1 aromatic rings. The number of hydrogen-bond acceptors (Lipinski definition) is 3. The second-order valence-electron chi connectivity index (χ2n) is 2.87. The van der Waals surface area contributed by atoms with Crippen molar-refractivity contribution in [2.75, 3.05) is 6.61 Å².